The number of ether oxygens (including phenoxy) is 2. The van der Waals surface area contributed by atoms with Crippen molar-refractivity contribution in [3.05, 3.63) is 35.1 Å². The van der Waals surface area contributed by atoms with Gasteiger partial charge in [-0.15, -0.1) is 11.8 Å². The summed E-state index contributed by atoms with van der Waals surface area (Å²) in [6.07, 6.45) is 9.04. The minimum atomic E-state index is -0.00205. The lowest BCUT2D eigenvalue weighted by Crippen LogP contribution is -2.29. The largest absolute Gasteiger partial charge is 0.485 e. The Hall–Kier alpha value is -1.20. The second-order valence-corrected chi connectivity index (χ2v) is 6.81. The van der Waals surface area contributed by atoms with Crippen LogP contribution in [0.3, 0.4) is 0 Å². The highest BCUT2D eigenvalue weighted by Crippen LogP contribution is 2.27. The first-order valence-corrected chi connectivity index (χ1v) is 8.42. The summed E-state index contributed by atoms with van der Waals surface area (Å²) in [5.74, 6) is 0.601. The summed E-state index contributed by atoms with van der Waals surface area (Å²) in [5.41, 5.74) is 1.12. The molecule has 21 heavy (non-hydrogen) atoms. The number of nitrogens with zero attached hydrogens (tertiary/aromatic N) is 1. The highest BCUT2D eigenvalue weighted by molar-refractivity contribution is 8.03. The van der Waals surface area contributed by atoms with Crippen LogP contribution in [-0.2, 0) is 14.3 Å². The third kappa shape index (κ3) is 3.71. The fourth-order valence-corrected chi connectivity index (χ4v) is 3.36. The van der Waals surface area contributed by atoms with Crippen molar-refractivity contribution in [1.82, 2.24) is 4.90 Å². The van der Waals surface area contributed by atoms with Crippen molar-refractivity contribution < 1.29 is 14.3 Å². The summed E-state index contributed by atoms with van der Waals surface area (Å²) in [5, 5.41) is 1.82. The smallest absolute Gasteiger partial charge is 0.210 e. The van der Waals surface area contributed by atoms with Crippen LogP contribution in [0, 0.1) is 0 Å². The zero-order valence-corrected chi connectivity index (χ0v) is 13.1. The molecule has 0 radical (unpaired) electrons. The molecule has 0 aromatic carbocycles. The van der Waals surface area contributed by atoms with Crippen molar-refractivity contribution in [3.63, 3.8) is 0 Å². The van der Waals surface area contributed by atoms with Crippen LogP contribution in [-0.4, -0.2) is 48.3 Å². The van der Waals surface area contributed by atoms with Crippen LogP contribution in [0.4, 0.5) is 0 Å². The fourth-order valence-electron chi connectivity index (χ4n) is 2.61. The predicted octanol–water partition coefficient (Wildman–Crippen LogP) is 2.48. The van der Waals surface area contributed by atoms with Crippen LogP contribution < -0.4 is 0 Å². The number of rotatable bonds is 5. The van der Waals surface area contributed by atoms with E-state index in [1.807, 2.05) is 12.3 Å². The second-order valence-electron chi connectivity index (χ2n) is 5.60. The van der Waals surface area contributed by atoms with Crippen LogP contribution in [0.2, 0.25) is 0 Å². The van der Waals surface area contributed by atoms with E-state index in [1.54, 1.807) is 0 Å². The minimum absolute atomic E-state index is 0.00205. The minimum Gasteiger partial charge on any atom is -0.485 e. The van der Waals surface area contributed by atoms with Gasteiger partial charge in [0.1, 0.15) is 6.61 Å². The number of Topliss-reactive ketones (excluding diaryl/α,β-unsaturated/α-hetero) is 1. The predicted molar refractivity (Wildman–Crippen MR) is 83.9 cm³/mol. The molecule has 1 fully saturated rings. The first-order chi connectivity index (χ1) is 10.2. The van der Waals surface area contributed by atoms with Crippen LogP contribution >= 0.6 is 11.8 Å². The number of allylic oxidation sites excluding steroid dienone is 1. The zero-order chi connectivity index (χ0) is 14.7. The molecule has 0 amide bonds. The van der Waals surface area contributed by atoms with Gasteiger partial charge in [-0.25, -0.2) is 0 Å². The normalized spacial score (nSPS) is 28.8. The summed E-state index contributed by atoms with van der Waals surface area (Å²) >= 11 is 1.52. The van der Waals surface area contributed by atoms with E-state index < -0.39 is 0 Å². The number of carbonyl (C=O) groups is 1. The van der Waals surface area contributed by atoms with Crippen molar-refractivity contribution >= 4 is 17.5 Å². The summed E-state index contributed by atoms with van der Waals surface area (Å²) in [6.45, 7) is 5.11. The summed E-state index contributed by atoms with van der Waals surface area (Å²) < 4.78 is 11.3. The number of thioether (sulfide) groups is 1. The van der Waals surface area contributed by atoms with Crippen molar-refractivity contribution in [2.24, 2.45) is 0 Å². The van der Waals surface area contributed by atoms with Crippen LogP contribution in [0.1, 0.15) is 19.8 Å². The molecule has 114 valence electrons. The SMILES string of the molecule is CC1SC=C(OCC2=CCN(CC3CCCO3)C=C2)C1=O. The standard InChI is InChI=1S/C16H21NO3S/c1-12-16(18)15(11-21-12)20-10-13-4-6-17(7-5-13)9-14-3-2-8-19-14/h4-6,11-12,14H,2-3,7-10H2,1H3. The van der Waals surface area contributed by atoms with Gasteiger partial charge < -0.3 is 14.4 Å². The Labute approximate surface area is 129 Å². The Morgan fingerprint density at radius 1 is 1.52 bits per heavy atom. The van der Waals surface area contributed by atoms with E-state index in [0.717, 1.165) is 31.7 Å². The van der Waals surface area contributed by atoms with Crippen molar-refractivity contribution in [3.8, 4) is 0 Å². The van der Waals surface area contributed by atoms with Crippen molar-refractivity contribution in [1.29, 1.82) is 0 Å². The maximum absolute atomic E-state index is 11.7. The first-order valence-electron chi connectivity index (χ1n) is 7.48. The van der Waals surface area contributed by atoms with E-state index >= 15 is 0 Å². The van der Waals surface area contributed by atoms with Gasteiger partial charge in [0.15, 0.2) is 5.76 Å². The number of carbonyl (C=O) groups excluding carboxylic acids is 1. The molecule has 2 atom stereocenters. The lowest BCUT2D eigenvalue weighted by Gasteiger charge is -2.25. The van der Waals surface area contributed by atoms with Crippen molar-refractivity contribution in [2.45, 2.75) is 31.1 Å². The van der Waals surface area contributed by atoms with Gasteiger partial charge in [-0.1, -0.05) is 6.08 Å². The molecule has 0 aromatic heterocycles. The van der Waals surface area contributed by atoms with Gasteiger partial charge in [-0.3, -0.25) is 4.79 Å². The first kappa shape index (κ1) is 14.7. The highest BCUT2D eigenvalue weighted by Gasteiger charge is 2.25. The molecule has 0 bridgehead atoms. The highest BCUT2D eigenvalue weighted by atomic mass is 32.2. The van der Waals surface area contributed by atoms with Crippen LogP contribution in [0.5, 0.6) is 0 Å². The summed E-state index contributed by atoms with van der Waals surface area (Å²) in [4.78, 5) is 14.0. The third-order valence-electron chi connectivity index (χ3n) is 3.94. The van der Waals surface area contributed by atoms with Gasteiger partial charge in [0.25, 0.3) is 0 Å². The molecule has 1 saturated heterocycles. The van der Waals surface area contributed by atoms with Crippen LogP contribution in [0.15, 0.2) is 35.1 Å². The monoisotopic (exact) mass is 307 g/mol. The topological polar surface area (TPSA) is 38.8 Å². The quantitative estimate of drug-likeness (QED) is 0.780. The van der Waals surface area contributed by atoms with Crippen molar-refractivity contribution in [2.75, 3.05) is 26.3 Å². The molecule has 3 rings (SSSR count). The molecule has 2 unspecified atom stereocenters. The molecule has 3 heterocycles. The van der Waals surface area contributed by atoms with E-state index in [2.05, 4.69) is 23.3 Å². The Morgan fingerprint density at radius 3 is 3.05 bits per heavy atom. The van der Waals surface area contributed by atoms with E-state index in [-0.39, 0.29) is 11.0 Å². The molecular formula is C16H21NO3S. The Bertz CT molecular complexity index is 492. The lowest BCUT2D eigenvalue weighted by atomic mass is 10.1. The summed E-state index contributed by atoms with van der Waals surface area (Å²) in [6, 6.07) is 0. The van der Waals surface area contributed by atoms with E-state index in [1.165, 1.54) is 18.2 Å². The third-order valence-corrected chi connectivity index (χ3v) is 4.91. The Balaban J connectivity index is 1.43. The second kappa shape index (κ2) is 6.71. The van der Waals surface area contributed by atoms with Gasteiger partial charge in [0.2, 0.25) is 5.78 Å². The van der Waals surface area contributed by atoms with Gasteiger partial charge in [0.05, 0.1) is 11.4 Å². The average molecular weight is 307 g/mol. The lowest BCUT2D eigenvalue weighted by molar-refractivity contribution is -0.117. The Morgan fingerprint density at radius 2 is 2.43 bits per heavy atom. The fraction of sp³-hybridized carbons (Fsp3) is 0.562. The number of hydrogen-bond acceptors (Lipinski definition) is 5. The van der Waals surface area contributed by atoms with E-state index in [4.69, 9.17) is 9.47 Å². The van der Waals surface area contributed by atoms with Gasteiger partial charge >= 0.3 is 0 Å². The molecular weight excluding hydrogens is 286 g/mol. The van der Waals surface area contributed by atoms with E-state index in [9.17, 15) is 4.79 Å². The molecule has 0 saturated carbocycles. The molecule has 0 aliphatic carbocycles. The van der Waals surface area contributed by atoms with Crippen LogP contribution in [0.25, 0.3) is 0 Å². The maximum atomic E-state index is 11.7. The number of hydrogen-bond donors (Lipinski definition) is 0. The Kier molecular flexibility index (Phi) is 4.70. The molecule has 5 heteroatoms. The molecule has 0 aromatic rings. The molecule has 0 spiro atoms. The molecule has 3 aliphatic heterocycles. The van der Waals surface area contributed by atoms with Gasteiger partial charge in [-0.05, 0) is 37.6 Å². The summed E-state index contributed by atoms with van der Waals surface area (Å²) in [7, 11) is 0. The van der Waals surface area contributed by atoms with E-state index in [0.29, 0.717) is 18.5 Å². The zero-order valence-electron chi connectivity index (χ0n) is 12.3. The molecule has 0 N–H and O–H groups in total. The number of ketones is 1. The van der Waals surface area contributed by atoms with Gasteiger partial charge in [0, 0.05) is 25.1 Å². The average Bonchev–Trinajstić information content (AvgIpc) is 3.11. The molecule has 3 aliphatic rings. The van der Waals surface area contributed by atoms with Gasteiger partial charge in [-0.2, -0.15) is 0 Å². The molecule has 4 nitrogen and oxygen atoms in total. The maximum Gasteiger partial charge on any atom is 0.210 e.